The average Bonchev–Trinajstić information content (AvgIpc) is 3.10. The molecule has 1 aliphatic heterocycles. The number of carboxylic acid groups (broad SMARTS) is 1. The molecule has 2 heterocycles. The second kappa shape index (κ2) is 6.76. The molecule has 1 aromatic carbocycles. The molecule has 0 spiro atoms. The van der Waals surface area contributed by atoms with Crippen molar-refractivity contribution >= 4 is 28.7 Å². The van der Waals surface area contributed by atoms with Crippen molar-refractivity contribution in [1.82, 2.24) is 15.2 Å². The fraction of sp³-hybridized carbons (Fsp3) is 0.294. The normalized spacial score (nSPS) is 16.8. The van der Waals surface area contributed by atoms with Gasteiger partial charge in [0, 0.05) is 23.6 Å². The zero-order valence-electron chi connectivity index (χ0n) is 13.3. The molecule has 1 fully saturated rings. The zero-order chi connectivity index (χ0) is 18.0. The van der Waals surface area contributed by atoms with Crippen LogP contribution in [0.15, 0.2) is 35.3 Å². The van der Waals surface area contributed by atoms with Gasteiger partial charge in [-0.1, -0.05) is 12.1 Å². The molecule has 1 atom stereocenters. The molecule has 0 saturated carbocycles. The van der Waals surface area contributed by atoms with E-state index in [1.807, 2.05) is 0 Å². The molecule has 0 bridgehead atoms. The Morgan fingerprint density at radius 1 is 1.28 bits per heavy atom. The number of amides is 2. The van der Waals surface area contributed by atoms with E-state index in [2.05, 4.69) is 10.3 Å². The second-order valence-electron chi connectivity index (χ2n) is 5.84. The summed E-state index contributed by atoms with van der Waals surface area (Å²) < 4.78 is 0. The van der Waals surface area contributed by atoms with Gasteiger partial charge >= 0.3 is 5.97 Å². The summed E-state index contributed by atoms with van der Waals surface area (Å²) in [5.41, 5.74) is 0.0908. The minimum atomic E-state index is -1.05. The number of aliphatic carboxylic acids is 1. The van der Waals surface area contributed by atoms with Crippen molar-refractivity contribution in [3.8, 4) is 0 Å². The van der Waals surface area contributed by atoms with Crippen LogP contribution in [-0.2, 0) is 9.59 Å². The van der Waals surface area contributed by atoms with Crippen LogP contribution >= 0.6 is 0 Å². The van der Waals surface area contributed by atoms with Gasteiger partial charge in [-0.3, -0.25) is 14.4 Å². The van der Waals surface area contributed by atoms with E-state index in [1.54, 1.807) is 24.3 Å². The highest BCUT2D eigenvalue weighted by Crippen LogP contribution is 2.17. The van der Waals surface area contributed by atoms with Crippen molar-refractivity contribution in [3.63, 3.8) is 0 Å². The molecule has 25 heavy (non-hydrogen) atoms. The third-order valence-corrected chi connectivity index (χ3v) is 4.29. The van der Waals surface area contributed by atoms with Gasteiger partial charge in [-0.05, 0) is 25.0 Å². The lowest BCUT2D eigenvalue weighted by Gasteiger charge is -2.21. The fourth-order valence-corrected chi connectivity index (χ4v) is 3.01. The van der Waals surface area contributed by atoms with Crippen LogP contribution in [0.4, 0.5) is 0 Å². The SMILES string of the molecule is O=C(NCC(=O)N1CCC[C@@H]1C(=O)O)c1c[nH]c2ccccc2c1=O. The summed E-state index contributed by atoms with van der Waals surface area (Å²) >= 11 is 0. The number of rotatable bonds is 4. The molecule has 1 aromatic heterocycles. The lowest BCUT2D eigenvalue weighted by Crippen LogP contribution is -2.45. The predicted octanol–water partition coefficient (Wildman–Crippen LogP) is 0.333. The van der Waals surface area contributed by atoms with Crippen LogP contribution in [0.25, 0.3) is 10.9 Å². The highest BCUT2D eigenvalue weighted by atomic mass is 16.4. The maximum Gasteiger partial charge on any atom is 0.326 e. The van der Waals surface area contributed by atoms with E-state index in [-0.39, 0.29) is 12.1 Å². The number of nitrogens with zero attached hydrogens (tertiary/aromatic N) is 1. The smallest absolute Gasteiger partial charge is 0.326 e. The first-order valence-corrected chi connectivity index (χ1v) is 7.90. The summed E-state index contributed by atoms with van der Waals surface area (Å²) in [6.07, 6.45) is 2.32. The van der Waals surface area contributed by atoms with E-state index in [0.717, 1.165) is 0 Å². The number of hydrogen-bond acceptors (Lipinski definition) is 4. The van der Waals surface area contributed by atoms with Gasteiger partial charge in [-0.15, -0.1) is 0 Å². The number of benzene rings is 1. The van der Waals surface area contributed by atoms with Crippen LogP contribution in [0.2, 0.25) is 0 Å². The zero-order valence-corrected chi connectivity index (χ0v) is 13.3. The van der Waals surface area contributed by atoms with Gasteiger partial charge in [0.15, 0.2) is 0 Å². The van der Waals surface area contributed by atoms with Gasteiger partial charge in [-0.25, -0.2) is 4.79 Å². The monoisotopic (exact) mass is 343 g/mol. The number of nitrogens with one attached hydrogen (secondary N) is 2. The largest absolute Gasteiger partial charge is 0.480 e. The van der Waals surface area contributed by atoms with E-state index in [0.29, 0.717) is 30.3 Å². The number of carbonyl (C=O) groups is 3. The number of aromatic nitrogens is 1. The lowest BCUT2D eigenvalue weighted by molar-refractivity contribution is -0.147. The molecule has 0 aliphatic carbocycles. The Morgan fingerprint density at radius 2 is 2.04 bits per heavy atom. The Labute approximate surface area is 142 Å². The van der Waals surface area contributed by atoms with Crippen molar-refractivity contribution in [1.29, 1.82) is 0 Å². The standard InChI is InChI=1S/C17H17N3O5/c21-14(20-7-3-6-13(20)17(24)25)9-19-16(23)11-8-18-12-5-2-1-4-10(12)15(11)22/h1-2,4-5,8,13H,3,6-7,9H2,(H,18,22)(H,19,23)(H,24,25)/t13-/m1/s1. The first-order chi connectivity index (χ1) is 12.0. The Morgan fingerprint density at radius 3 is 2.80 bits per heavy atom. The molecular formula is C17H17N3O5. The molecule has 2 aromatic rings. The maximum atomic E-state index is 12.4. The number of pyridine rings is 1. The number of carbonyl (C=O) groups excluding carboxylic acids is 2. The second-order valence-corrected chi connectivity index (χ2v) is 5.84. The van der Waals surface area contributed by atoms with Crippen molar-refractivity contribution in [2.75, 3.05) is 13.1 Å². The molecule has 1 saturated heterocycles. The van der Waals surface area contributed by atoms with Crippen LogP contribution in [0.3, 0.4) is 0 Å². The summed E-state index contributed by atoms with van der Waals surface area (Å²) in [4.78, 5) is 52.0. The third-order valence-electron chi connectivity index (χ3n) is 4.29. The summed E-state index contributed by atoms with van der Waals surface area (Å²) in [5, 5.41) is 11.9. The molecule has 130 valence electrons. The Kier molecular flexibility index (Phi) is 4.51. The molecule has 0 unspecified atom stereocenters. The number of fused-ring (bicyclic) bond motifs is 1. The average molecular weight is 343 g/mol. The number of carboxylic acids is 1. The van der Waals surface area contributed by atoms with Crippen molar-refractivity contribution < 1.29 is 19.5 Å². The number of para-hydroxylation sites is 1. The van der Waals surface area contributed by atoms with E-state index < -0.39 is 29.3 Å². The van der Waals surface area contributed by atoms with E-state index in [9.17, 15) is 19.2 Å². The molecule has 3 rings (SSSR count). The molecular weight excluding hydrogens is 326 g/mol. The van der Waals surface area contributed by atoms with E-state index >= 15 is 0 Å². The minimum Gasteiger partial charge on any atom is -0.480 e. The highest BCUT2D eigenvalue weighted by molar-refractivity contribution is 5.99. The van der Waals surface area contributed by atoms with E-state index in [1.165, 1.54) is 11.1 Å². The summed E-state index contributed by atoms with van der Waals surface area (Å²) in [7, 11) is 0. The lowest BCUT2D eigenvalue weighted by atomic mass is 10.1. The predicted molar refractivity (Wildman–Crippen MR) is 89.3 cm³/mol. The Bertz CT molecular complexity index is 905. The molecule has 1 aliphatic rings. The fourth-order valence-electron chi connectivity index (χ4n) is 3.01. The van der Waals surface area contributed by atoms with Gasteiger partial charge in [0.05, 0.1) is 6.54 Å². The van der Waals surface area contributed by atoms with Crippen molar-refractivity contribution in [3.05, 3.63) is 46.2 Å². The first kappa shape index (κ1) is 16.7. The minimum absolute atomic E-state index is 0.0947. The number of likely N-dealkylation sites (tertiary alicyclic amines) is 1. The molecule has 8 nitrogen and oxygen atoms in total. The number of aromatic amines is 1. The maximum absolute atomic E-state index is 12.4. The van der Waals surface area contributed by atoms with Gasteiger partial charge < -0.3 is 20.3 Å². The Hall–Kier alpha value is -3.16. The number of hydrogen-bond donors (Lipinski definition) is 3. The van der Waals surface area contributed by atoms with Crippen LogP contribution in [0.1, 0.15) is 23.2 Å². The molecule has 0 radical (unpaired) electrons. The first-order valence-electron chi connectivity index (χ1n) is 7.90. The summed E-state index contributed by atoms with van der Waals surface area (Å²) in [6, 6.07) is 5.95. The molecule has 8 heteroatoms. The van der Waals surface area contributed by atoms with Crippen LogP contribution in [-0.4, -0.2) is 51.9 Å². The van der Waals surface area contributed by atoms with Gasteiger partial charge in [0.1, 0.15) is 11.6 Å². The van der Waals surface area contributed by atoms with Crippen molar-refractivity contribution in [2.24, 2.45) is 0 Å². The third kappa shape index (κ3) is 3.23. The van der Waals surface area contributed by atoms with E-state index in [4.69, 9.17) is 5.11 Å². The van der Waals surface area contributed by atoms with Crippen molar-refractivity contribution in [2.45, 2.75) is 18.9 Å². The van der Waals surface area contributed by atoms with Gasteiger partial charge in [-0.2, -0.15) is 0 Å². The molecule has 3 N–H and O–H groups in total. The Balaban J connectivity index is 1.71. The topological polar surface area (TPSA) is 120 Å². The quantitative estimate of drug-likeness (QED) is 0.739. The van der Waals surface area contributed by atoms with Gasteiger partial charge in [0.25, 0.3) is 5.91 Å². The van der Waals surface area contributed by atoms with Crippen LogP contribution in [0, 0.1) is 0 Å². The highest BCUT2D eigenvalue weighted by Gasteiger charge is 2.33. The van der Waals surface area contributed by atoms with Crippen LogP contribution in [0.5, 0.6) is 0 Å². The number of H-pyrrole nitrogens is 1. The van der Waals surface area contributed by atoms with Crippen LogP contribution < -0.4 is 10.7 Å². The summed E-state index contributed by atoms with van der Waals surface area (Å²) in [6.45, 7) is -0.00287. The molecule has 2 amide bonds. The van der Waals surface area contributed by atoms with Gasteiger partial charge in [0.2, 0.25) is 11.3 Å². The summed E-state index contributed by atoms with van der Waals surface area (Å²) in [5.74, 6) is -2.20.